The largest absolute Gasteiger partial charge is 0.388 e. The van der Waals surface area contributed by atoms with E-state index in [0.29, 0.717) is 16.9 Å². The van der Waals surface area contributed by atoms with Gasteiger partial charge >= 0.3 is 0 Å². The van der Waals surface area contributed by atoms with Gasteiger partial charge in [-0.2, -0.15) is 0 Å². The quantitative estimate of drug-likeness (QED) is 0.713. The first-order valence-electron chi connectivity index (χ1n) is 6.18. The number of H-pyrrole nitrogens is 1. The summed E-state index contributed by atoms with van der Waals surface area (Å²) in [7, 11) is 0. The fourth-order valence-corrected chi connectivity index (χ4v) is 2.34. The number of ketones is 1. The van der Waals surface area contributed by atoms with Crippen molar-refractivity contribution in [3.63, 3.8) is 0 Å². The molecule has 2 aromatic carbocycles. The Kier molecular flexibility index (Phi) is 3.57. The number of imidazole rings is 1. The summed E-state index contributed by atoms with van der Waals surface area (Å²) in [5.41, 5.74) is 1.68. The minimum absolute atomic E-state index is 0.154. The van der Waals surface area contributed by atoms with E-state index in [-0.39, 0.29) is 5.56 Å². The highest BCUT2D eigenvalue weighted by Gasteiger charge is 2.14. The molecule has 106 valence electrons. The predicted octanol–water partition coefficient (Wildman–Crippen LogP) is 3.31. The molecule has 0 saturated carbocycles. The average Bonchev–Trinajstić information content (AvgIpc) is 2.89. The number of nitrogens with zero attached hydrogens (tertiary/aromatic N) is 1. The van der Waals surface area contributed by atoms with Crippen LogP contribution in [0.15, 0.2) is 40.9 Å². The van der Waals surface area contributed by atoms with Gasteiger partial charge < -0.3 is 10.1 Å². The smallest absolute Gasteiger partial charge is 0.191 e. The molecule has 1 aromatic heterocycles. The van der Waals surface area contributed by atoms with E-state index in [2.05, 4.69) is 25.9 Å². The van der Waals surface area contributed by atoms with Crippen molar-refractivity contribution in [3.05, 3.63) is 52.3 Å². The molecule has 0 aliphatic heterocycles. The summed E-state index contributed by atoms with van der Waals surface area (Å²) in [5, 5.41) is 8.85. The highest BCUT2D eigenvalue weighted by atomic mass is 79.9. The number of hydrogen-bond acceptors (Lipinski definition) is 3. The van der Waals surface area contributed by atoms with Gasteiger partial charge in [-0.1, -0.05) is 28.1 Å². The number of fused-ring (bicyclic) bond motifs is 1. The average molecular weight is 349 g/mol. The van der Waals surface area contributed by atoms with Crippen LogP contribution in [0.4, 0.5) is 4.39 Å². The number of carbonyl (C=O) groups excluding carboxylic acids is 1. The maximum Gasteiger partial charge on any atom is 0.191 e. The van der Waals surface area contributed by atoms with E-state index in [1.807, 2.05) is 24.3 Å². The lowest BCUT2D eigenvalue weighted by atomic mass is 10.1. The van der Waals surface area contributed by atoms with Crippen LogP contribution in [0.3, 0.4) is 0 Å². The first-order valence-corrected chi connectivity index (χ1v) is 6.97. The van der Waals surface area contributed by atoms with Crippen LogP contribution in [0.2, 0.25) is 0 Å². The van der Waals surface area contributed by atoms with Gasteiger partial charge in [-0.25, -0.2) is 9.37 Å². The molecular formula is C15H10BrFN2O2. The molecule has 0 aliphatic carbocycles. The van der Waals surface area contributed by atoms with Crippen molar-refractivity contribution in [2.24, 2.45) is 0 Å². The molecule has 0 atom stereocenters. The highest BCUT2D eigenvalue weighted by molar-refractivity contribution is 9.10. The molecule has 0 amide bonds. The first-order chi connectivity index (χ1) is 10.1. The Morgan fingerprint density at radius 2 is 2.00 bits per heavy atom. The van der Waals surface area contributed by atoms with Crippen molar-refractivity contribution in [3.8, 4) is 11.4 Å². The molecule has 0 radical (unpaired) electrons. The normalized spacial score (nSPS) is 11.0. The predicted molar refractivity (Wildman–Crippen MR) is 80.6 cm³/mol. The Morgan fingerprint density at radius 1 is 1.29 bits per heavy atom. The van der Waals surface area contributed by atoms with Gasteiger partial charge in [0.1, 0.15) is 18.2 Å². The van der Waals surface area contributed by atoms with Gasteiger partial charge in [0.25, 0.3) is 0 Å². The number of hydrogen-bond donors (Lipinski definition) is 2. The highest BCUT2D eigenvalue weighted by Crippen LogP contribution is 2.24. The second kappa shape index (κ2) is 5.38. The summed E-state index contributed by atoms with van der Waals surface area (Å²) in [6.07, 6.45) is 0. The second-order valence-corrected chi connectivity index (χ2v) is 5.44. The number of benzene rings is 2. The molecule has 0 fully saturated rings. The van der Waals surface area contributed by atoms with Crippen LogP contribution >= 0.6 is 15.9 Å². The summed E-state index contributed by atoms with van der Waals surface area (Å²) in [5.74, 6) is -0.749. The summed E-state index contributed by atoms with van der Waals surface area (Å²) in [6.45, 7) is -0.730. The Morgan fingerprint density at radius 3 is 2.67 bits per heavy atom. The van der Waals surface area contributed by atoms with E-state index in [4.69, 9.17) is 5.11 Å². The molecule has 3 aromatic rings. The Labute approximate surface area is 127 Å². The molecular weight excluding hydrogens is 339 g/mol. The third kappa shape index (κ3) is 2.59. The van der Waals surface area contributed by atoms with Crippen molar-refractivity contribution < 1.29 is 14.3 Å². The number of Topliss-reactive ketones (excluding diaryl/α,β-unsaturated/α-hetero) is 1. The zero-order valence-corrected chi connectivity index (χ0v) is 12.3. The zero-order valence-electron chi connectivity index (χ0n) is 10.7. The Bertz CT molecular complexity index is 828. The van der Waals surface area contributed by atoms with Gasteiger partial charge in [0, 0.05) is 16.1 Å². The molecule has 0 bridgehead atoms. The van der Waals surface area contributed by atoms with Crippen molar-refractivity contribution in [1.82, 2.24) is 9.97 Å². The number of nitrogens with one attached hydrogen (secondary N) is 1. The number of aliphatic hydroxyl groups excluding tert-OH is 1. The van der Waals surface area contributed by atoms with Crippen LogP contribution in [0.5, 0.6) is 0 Å². The lowest BCUT2D eigenvalue weighted by Crippen LogP contribution is -2.06. The standard InChI is InChI=1S/C15H10BrFN2O2/c16-9-3-1-8(2-4-9)15-18-12-5-10(14(21)7-20)11(17)6-13(12)19-15/h1-6,20H,7H2,(H,18,19). The number of aromatic nitrogens is 2. The number of rotatable bonds is 3. The number of aromatic amines is 1. The van der Waals surface area contributed by atoms with Gasteiger partial charge in [0.05, 0.1) is 16.6 Å². The maximum absolute atomic E-state index is 13.8. The summed E-state index contributed by atoms with van der Waals surface area (Å²) in [4.78, 5) is 18.8. The van der Waals surface area contributed by atoms with Crippen molar-refractivity contribution >= 4 is 32.7 Å². The van der Waals surface area contributed by atoms with Gasteiger partial charge in [-0.05, 0) is 18.2 Å². The van der Waals surface area contributed by atoms with Crippen LogP contribution in [-0.4, -0.2) is 27.5 Å². The molecule has 21 heavy (non-hydrogen) atoms. The SMILES string of the molecule is O=C(CO)c1cc2nc(-c3ccc(Br)cc3)[nH]c2cc1F. The van der Waals surface area contributed by atoms with Crippen LogP contribution in [0.1, 0.15) is 10.4 Å². The molecule has 1 heterocycles. The third-order valence-corrected chi connectivity index (χ3v) is 3.66. The van der Waals surface area contributed by atoms with Crippen LogP contribution in [-0.2, 0) is 0 Å². The number of carbonyl (C=O) groups is 1. The summed E-state index contributed by atoms with van der Waals surface area (Å²) < 4.78 is 14.8. The molecule has 0 saturated heterocycles. The second-order valence-electron chi connectivity index (χ2n) is 4.52. The Hall–Kier alpha value is -2.05. The monoisotopic (exact) mass is 348 g/mol. The molecule has 2 N–H and O–H groups in total. The van der Waals surface area contributed by atoms with Crippen LogP contribution in [0.25, 0.3) is 22.4 Å². The molecule has 3 rings (SSSR count). The minimum Gasteiger partial charge on any atom is -0.388 e. The van der Waals surface area contributed by atoms with Gasteiger partial charge in [0.2, 0.25) is 0 Å². The van der Waals surface area contributed by atoms with Crippen LogP contribution in [0, 0.1) is 5.82 Å². The van der Waals surface area contributed by atoms with E-state index in [1.165, 1.54) is 12.1 Å². The number of aliphatic hydroxyl groups is 1. The topological polar surface area (TPSA) is 66.0 Å². The number of halogens is 2. The van der Waals surface area contributed by atoms with E-state index < -0.39 is 18.2 Å². The van der Waals surface area contributed by atoms with E-state index >= 15 is 0 Å². The summed E-state index contributed by atoms with van der Waals surface area (Å²) >= 11 is 3.35. The molecule has 0 aliphatic rings. The molecule has 6 heteroatoms. The van der Waals surface area contributed by atoms with Gasteiger partial charge in [-0.3, -0.25) is 4.79 Å². The van der Waals surface area contributed by atoms with Gasteiger partial charge in [0.15, 0.2) is 5.78 Å². The Balaban J connectivity index is 2.12. The molecule has 0 spiro atoms. The van der Waals surface area contributed by atoms with Gasteiger partial charge in [-0.15, -0.1) is 0 Å². The van der Waals surface area contributed by atoms with Crippen molar-refractivity contribution in [2.75, 3.05) is 6.61 Å². The first kappa shape index (κ1) is 13.9. The van der Waals surface area contributed by atoms with Crippen molar-refractivity contribution in [2.45, 2.75) is 0 Å². The lowest BCUT2D eigenvalue weighted by molar-refractivity contribution is 0.0900. The molecule has 4 nitrogen and oxygen atoms in total. The van der Waals surface area contributed by atoms with E-state index in [1.54, 1.807) is 0 Å². The fraction of sp³-hybridized carbons (Fsp3) is 0.0667. The maximum atomic E-state index is 13.8. The summed E-state index contributed by atoms with van der Waals surface area (Å²) in [6, 6.07) is 10.1. The van der Waals surface area contributed by atoms with Crippen molar-refractivity contribution in [1.29, 1.82) is 0 Å². The third-order valence-electron chi connectivity index (χ3n) is 3.13. The minimum atomic E-state index is -0.730. The van der Waals surface area contributed by atoms with Crippen LogP contribution < -0.4 is 0 Å². The fourth-order valence-electron chi connectivity index (χ4n) is 2.07. The van der Waals surface area contributed by atoms with E-state index in [0.717, 1.165) is 10.0 Å². The zero-order chi connectivity index (χ0) is 15.0. The lowest BCUT2D eigenvalue weighted by Gasteiger charge is -1.99. The van der Waals surface area contributed by atoms with E-state index in [9.17, 15) is 9.18 Å². The molecule has 0 unspecified atom stereocenters.